The van der Waals surface area contributed by atoms with Crippen LogP contribution in [-0.2, 0) is 6.54 Å². The average Bonchev–Trinajstić information content (AvgIpc) is 3.56. The van der Waals surface area contributed by atoms with Crippen molar-refractivity contribution in [3.05, 3.63) is 54.1 Å². The second-order valence-electron chi connectivity index (χ2n) is 8.16. The van der Waals surface area contributed by atoms with Gasteiger partial charge in [0.05, 0.1) is 17.6 Å². The largest absolute Gasteiger partial charge is 0.494 e. The van der Waals surface area contributed by atoms with Crippen LogP contribution in [0.3, 0.4) is 0 Å². The molecule has 0 spiro atoms. The first-order chi connectivity index (χ1) is 15.7. The number of anilines is 2. The Kier molecular flexibility index (Phi) is 4.77. The molecule has 5 aromatic rings. The third kappa shape index (κ3) is 3.49. The molecular weight excluding hydrogens is 422 g/mol. The zero-order valence-corrected chi connectivity index (χ0v) is 18.3. The van der Waals surface area contributed by atoms with E-state index in [-0.39, 0.29) is 5.88 Å². The number of hydrogen-bond donors (Lipinski definition) is 3. The highest BCUT2D eigenvalue weighted by atomic mass is 32.1. The number of thiazole rings is 1. The van der Waals surface area contributed by atoms with Gasteiger partial charge >= 0.3 is 0 Å². The highest BCUT2D eigenvalue weighted by Gasteiger charge is 2.15. The zero-order chi connectivity index (χ0) is 21.5. The molecule has 1 aromatic carbocycles. The van der Waals surface area contributed by atoms with Crippen molar-refractivity contribution in [2.75, 3.05) is 18.4 Å². The van der Waals surface area contributed by atoms with Gasteiger partial charge < -0.3 is 15.4 Å². The number of aromatic nitrogens is 5. The Labute approximate surface area is 188 Å². The molecule has 6 rings (SSSR count). The zero-order valence-electron chi connectivity index (χ0n) is 17.5. The van der Waals surface area contributed by atoms with Gasteiger partial charge in [-0.1, -0.05) is 12.5 Å². The molecule has 5 heterocycles. The van der Waals surface area contributed by atoms with E-state index in [0.717, 1.165) is 58.1 Å². The van der Waals surface area contributed by atoms with Gasteiger partial charge in [-0.3, -0.25) is 9.30 Å². The molecule has 32 heavy (non-hydrogen) atoms. The lowest BCUT2D eigenvalue weighted by Gasteiger charge is -2.25. The first-order valence-electron chi connectivity index (χ1n) is 10.8. The van der Waals surface area contributed by atoms with Crippen molar-refractivity contribution in [2.45, 2.75) is 25.8 Å². The SMILES string of the molecule is Oc1[nH]cc2cc(-c3cnc(Nc4nc(CN5CCCCC5)cs4)c4nccn34)ccc12. The third-order valence-corrected chi connectivity index (χ3v) is 6.81. The predicted molar refractivity (Wildman–Crippen MR) is 126 cm³/mol. The Bertz CT molecular complexity index is 1400. The van der Waals surface area contributed by atoms with Gasteiger partial charge in [-0.05, 0) is 38.1 Å². The predicted octanol–water partition coefficient (Wildman–Crippen LogP) is 4.77. The van der Waals surface area contributed by atoms with Crippen LogP contribution in [0, 0.1) is 0 Å². The molecule has 1 saturated heterocycles. The number of nitrogens with one attached hydrogen (secondary N) is 2. The van der Waals surface area contributed by atoms with Crippen molar-refractivity contribution < 1.29 is 5.11 Å². The van der Waals surface area contributed by atoms with Gasteiger partial charge in [0.1, 0.15) is 0 Å². The summed E-state index contributed by atoms with van der Waals surface area (Å²) in [6.45, 7) is 3.22. The maximum atomic E-state index is 9.88. The summed E-state index contributed by atoms with van der Waals surface area (Å²) in [5, 5.41) is 17.9. The summed E-state index contributed by atoms with van der Waals surface area (Å²) in [6.07, 6.45) is 11.2. The van der Waals surface area contributed by atoms with E-state index in [1.807, 2.05) is 35.0 Å². The Balaban J connectivity index is 1.28. The van der Waals surface area contributed by atoms with E-state index in [4.69, 9.17) is 4.98 Å². The minimum Gasteiger partial charge on any atom is -0.494 e. The van der Waals surface area contributed by atoms with Crippen molar-refractivity contribution in [2.24, 2.45) is 0 Å². The highest BCUT2D eigenvalue weighted by Crippen LogP contribution is 2.31. The Morgan fingerprint density at radius 2 is 2.06 bits per heavy atom. The molecule has 0 atom stereocenters. The molecule has 0 unspecified atom stereocenters. The summed E-state index contributed by atoms with van der Waals surface area (Å²) in [5.41, 5.74) is 3.76. The first kappa shape index (κ1) is 19.3. The van der Waals surface area contributed by atoms with Crippen LogP contribution in [0.2, 0.25) is 0 Å². The minimum atomic E-state index is 0.181. The van der Waals surface area contributed by atoms with Crippen molar-refractivity contribution in [3.63, 3.8) is 0 Å². The summed E-state index contributed by atoms with van der Waals surface area (Å²) >= 11 is 1.60. The third-order valence-electron chi connectivity index (χ3n) is 6.01. The number of benzene rings is 1. The number of aromatic hydroxyl groups is 1. The van der Waals surface area contributed by atoms with Crippen molar-refractivity contribution in [1.29, 1.82) is 0 Å². The van der Waals surface area contributed by atoms with Crippen LogP contribution in [0.1, 0.15) is 25.0 Å². The topological polar surface area (TPSA) is 94.4 Å². The summed E-state index contributed by atoms with van der Waals surface area (Å²) < 4.78 is 2.02. The van der Waals surface area contributed by atoms with Gasteiger partial charge in [-0.2, -0.15) is 0 Å². The van der Waals surface area contributed by atoms with E-state index in [9.17, 15) is 5.11 Å². The minimum absolute atomic E-state index is 0.181. The lowest BCUT2D eigenvalue weighted by Crippen LogP contribution is -2.29. The molecule has 3 N–H and O–H groups in total. The molecule has 8 nitrogen and oxygen atoms in total. The molecule has 0 aliphatic carbocycles. The lowest BCUT2D eigenvalue weighted by molar-refractivity contribution is 0.219. The molecule has 0 saturated carbocycles. The van der Waals surface area contributed by atoms with E-state index >= 15 is 0 Å². The van der Waals surface area contributed by atoms with Gasteiger partial charge in [-0.25, -0.2) is 15.0 Å². The summed E-state index contributed by atoms with van der Waals surface area (Å²) in [5.74, 6) is 0.859. The van der Waals surface area contributed by atoms with Crippen LogP contribution in [-0.4, -0.2) is 47.4 Å². The second-order valence-corrected chi connectivity index (χ2v) is 9.02. The number of imidazole rings is 1. The normalized spacial score (nSPS) is 15.0. The number of H-pyrrole nitrogens is 1. The number of fused-ring (bicyclic) bond motifs is 2. The maximum absolute atomic E-state index is 9.88. The number of piperidine rings is 1. The molecule has 9 heteroatoms. The van der Waals surface area contributed by atoms with Gasteiger partial charge in [0.2, 0.25) is 0 Å². The maximum Gasteiger partial charge on any atom is 0.196 e. The van der Waals surface area contributed by atoms with E-state index in [1.54, 1.807) is 23.7 Å². The van der Waals surface area contributed by atoms with Gasteiger partial charge in [0.15, 0.2) is 22.5 Å². The Hall–Kier alpha value is -3.43. The van der Waals surface area contributed by atoms with Crippen LogP contribution in [0.5, 0.6) is 5.88 Å². The smallest absolute Gasteiger partial charge is 0.196 e. The van der Waals surface area contributed by atoms with Gasteiger partial charge in [0, 0.05) is 46.9 Å². The van der Waals surface area contributed by atoms with Crippen molar-refractivity contribution in [1.82, 2.24) is 29.2 Å². The number of likely N-dealkylation sites (tertiary alicyclic amines) is 1. The van der Waals surface area contributed by atoms with E-state index in [2.05, 4.69) is 30.5 Å². The first-order valence-corrected chi connectivity index (χ1v) is 11.7. The number of nitrogens with zero attached hydrogens (tertiary/aromatic N) is 5. The average molecular weight is 446 g/mol. The van der Waals surface area contributed by atoms with Crippen molar-refractivity contribution in [3.8, 4) is 17.1 Å². The fraction of sp³-hybridized carbons (Fsp3) is 0.261. The molecule has 0 amide bonds. The standard InChI is InChI=1S/C23H23N7OS/c31-22-18-5-4-15(10-16(18)11-26-22)19-12-25-20(21-24-6-9-30(19)21)28-23-27-17(14-32-23)13-29-7-2-1-3-8-29/h4-6,9-12,14,26,31H,1-3,7-8,13H2,(H,25,27,28). The molecule has 0 bridgehead atoms. The van der Waals surface area contributed by atoms with Crippen LogP contribution >= 0.6 is 11.3 Å². The van der Waals surface area contributed by atoms with Gasteiger partial charge in [0.25, 0.3) is 0 Å². The molecule has 162 valence electrons. The van der Waals surface area contributed by atoms with Crippen LogP contribution in [0.25, 0.3) is 27.7 Å². The van der Waals surface area contributed by atoms with Gasteiger partial charge in [-0.15, -0.1) is 11.3 Å². The molecule has 4 aromatic heterocycles. The number of rotatable bonds is 5. The number of aromatic amines is 1. The second kappa shape index (κ2) is 7.92. The molecule has 1 fully saturated rings. The van der Waals surface area contributed by atoms with Crippen LogP contribution in [0.4, 0.5) is 10.9 Å². The number of hydrogen-bond acceptors (Lipinski definition) is 7. The monoisotopic (exact) mass is 445 g/mol. The molecular formula is C23H23N7OS. The van der Waals surface area contributed by atoms with E-state index in [0.29, 0.717) is 5.82 Å². The van der Waals surface area contributed by atoms with E-state index < -0.39 is 0 Å². The Morgan fingerprint density at radius 3 is 2.97 bits per heavy atom. The fourth-order valence-corrected chi connectivity index (χ4v) is 5.09. The quantitative estimate of drug-likeness (QED) is 0.361. The Morgan fingerprint density at radius 1 is 1.16 bits per heavy atom. The van der Waals surface area contributed by atoms with Crippen LogP contribution in [0.15, 0.2) is 48.4 Å². The lowest BCUT2D eigenvalue weighted by atomic mass is 10.1. The molecule has 0 radical (unpaired) electrons. The summed E-state index contributed by atoms with van der Waals surface area (Å²) in [6, 6.07) is 5.92. The molecule has 1 aliphatic heterocycles. The molecule has 1 aliphatic rings. The summed E-state index contributed by atoms with van der Waals surface area (Å²) in [4.78, 5) is 19.3. The summed E-state index contributed by atoms with van der Waals surface area (Å²) in [7, 11) is 0. The van der Waals surface area contributed by atoms with Crippen molar-refractivity contribution >= 4 is 38.7 Å². The fourth-order valence-electron chi connectivity index (χ4n) is 4.39. The van der Waals surface area contributed by atoms with Crippen LogP contribution < -0.4 is 5.32 Å². The van der Waals surface area contributed by atoms with E-state index in [1.165, 1.54) is 19.3 Å². The highest BCUT2D eigenvalue weighted by molar-refractivity contribution is 7.13.